The van der Waals surface area contributed by atoms with Gasteiger partial charge in [-0.25, -0.2) is 0 Å². The molecule has 12 N–H and O–H groups in total. The van der Waals surface area contributed by atoms with Crippen LogP contribution in [0.25, 0.3) is 0 Å². The Labute approximate surface area is 62.0 Å². The maximum absolute atomic E-state index is 4.64. The van der Waals surface area contributed by atoms with Crippen LogP contribution in [0.3, 0.4) is 0 Å². The minimum atomic E-state index is 0. The molecule has 8 heavy (non-hydrogen) atoms. The summed E-state index contributed by atoms with van der Waals surface area (Å²) >= 11 is 1.47. The molecule has 0 bridgehead atoms. The molecule has 59 valence electrons. The van der Waals surface area contributed by atoms with Crippen molar-refractivity contribution in [3.05, 3.63) is 0 Å². The Morgan fingerprint density at radius 2 is 0.500 bits per heavy atom. The summed E-state index contributed by atoms with van der Waals surface area (Å²) in [5.41, 5.74) is 0. The molecule has 0 saturated heterocycles. The van der Waals surface area contributed by atoms with Crippen LogP contribution >= 0.6 is 9.30 Å². The van der Waals surface area contributed by atoms with Gasteiger partial charge in [0.25, 0.3) is 0 Å². The summed E-state index contributed by atoms with van der Waals surface area (Å²) < 4.78 is 0. The molecule has 0 atom stereocenters. The summed E-state index contributed by atoms with van der Waals surface area (Å²) in [6, 6.07) is 0. The molecule has 0 saturated carbocycles. The Kier molecular flexibility index (Phi) is 12900. The van der Waals surface area contributed by atoms with E-state index in [0.717, 1.165) is 0 Å². The zero-order valence-corrected chi connectivity index (χ0v) is 6.20. The molecule has 0 spiro atoms. The van der Waals surface area contributed by atoms with Crippen molar-refractivity contribution in [1.29, 1.82) is 0 Å². The van der Waals surface area contributed by atoms with Gasteiger partial charge in [0.2, 0.25) is 0 Å². The fraction of sp³-hybridized carbons (Fsp3) is 0. The van der Waals surface area contributed by atoms with Gasteiger partial charge in [-0.05, 0) is 0 Å². The van der Waals surface area contributed by atoms with Crippen LogP contribution in [-0.2, 0) is 19.4 Å². The van der Waals surface area contributed by atoms with E-state index in [0.29, 0.717) is 0 Å². The minimum absolute atomic E-state index is 0. The molecule has 0 rings (SSSR count). The summed E-state index contributed by atoms with van der Waals surface area (Å²) in [5, 5.41) is 0. The topological polar surface area (TPSA) is 189 Å². The van der Waals surface area contributed by atoms with Crippen molar-refractivity contribution in [2.45, 2.75) is 0 Å². The van der Waals surface area contributed by atoms with Crippen LogP contribution in [0.4, 0.5) is 0 Å². The van der Waals surface area contributed by atoms with Crippen molar-refractivity contribution >= 4 is 9.30 Å². The Balaban J connectivity index is -0.000000000333. The van der Waals surface area contributed by atoms with Gasteiger partial charge in [0.15, 0.2) is 0 Å². The maximum atomic E-state index is 4.64. The van der Waals surface area contributed by atoms with Crippen LogP contribution in [0.1, 0.15) is 0 Å². The summed E-state index contributed by atoms with van der Waals surface area (Å²) in [6.45, 7) is 0. The molecule has 0 aliphatic heterocycles. The molecular weight excluding hydrogens is 179 g/mol. The van der Waals surface area contributed by atoms with E-state index < -0.39 is 0 Å². The average molecular weight is 191 g/mol. The predicted octanol–water partition coefficient (Wildman–Crippen LogP) is -4.26. The van der Waals surface area contributed by atoms with Crippen molar-refractivity contribution in [3.63, 3.8) is 0 Å². The van der Waals surface area contributed by atoms with Gasteiger partial charge in [0, 0.05) is 0 Å². The van der Waals surface area contributed by atoms with Crippen molar-refractivity contribution < 1.29 is 52.2 Å². The Hall–Kier alpha value is 0.764. The number of rotatable bonds is 0. The second kappa shape index (κ2) is 608. The summed E-state index contributed by atoms with van der Waals surface area (Å²) in [6.07, 6.45) is 0. The van der Waals surface area contributed by atoms with Crippen LogP contribution in [0.15, 0.2) is 0 Å². The standard InChI is InChI=1S/ClH.6H2O.Ti/h1H;6*1H2;/q;;;;;;;+1/p-1. The van der Waals surface area contributed by atoms with E-state index in [9.17, 15) is 0 Å². The van der Waals surface area contributed by atoms with Gasteiger partial charge < -0.3 is 32.9 Å². The van der Waals surface area contributed by atoms with E-state index in [1.54, 1.807) is 0 Å². The van der Waals surface area contributed by atoms with Gasteiger partial charge in [0.05, 0.1) is 0 Å². The van der Waals surface area contributed by atoms with Crippen molar-refractivity contribution in [2.24, 2.45) is 0 Å². The average Bonchev–Trinajstić information content (AvgIpc) is 1.00. The van der Waals surface area contributed by atoms with E-state index in [4.69, 9.17) is 0 Å². The first-order chi connectivity index (χ1) is 1.00. The van der Waals surface area contributed by atoms with E-state index >= 15 is 0 Å². The molecule has 0 aliphatic rings. The van der Waals surface area contributed by atoms with Gasteiger partial charge >= 0.3 is 28.7 Å². The first kappa shape index (κ1) is 170. The summed E-state index contributed by atoms with van der Waals surface area (Å²) in [7, 11) is 4.64. The van der Waals surface area contributed by atoms with Gasteiger partial charge in [-0.1, -0.05) is 0 Å². The third-order valence-electron chi connectivity index (χ3n) is 0. The zero-order chi connectivity index (χ0) is 2.00. The first-order valence-corrected chi connectivity index (χ1v) is 2.34. The zero-order valence-electron chi connectivity index (χ0n) is 3.88. The van der Waals surface area contributed by atoms with Crippen molar-refractivity contribution in [1.82, 2.24) is 0 Å². The van der Waals surface area contributed by atoms with Gasteiger partial charge in [0.1, 0.15) is 0 Å². The molecule has 0 amide bonds. The monoisotopic (exact) mass is 191 g/mol. The van der Waals surface area contributed by atoms with Crippen molar-refractivity contribution in [3.8, 4) is 0 Å². The molecule has 0 aliphatic carbocycles. The molecule has 0 aromatic carbocycles. The molecule has 0 fully saturated rings. The second-order valence-electron chi connectivity index (χ2n) is 0. The van der Waals surface area contributed by atoms with E-state index in [2.05, 4.69) is 9.30 Å². The van der Waals surface area contributed by atoms with Crippen LogP contribution in [-0.4, -0.2) is 32.9 Å². The third kappa shape index (κ3) is 385. The van der Waals surface area contributed by atoms with Crippen molar-refractivity contribution in [2.75, 3.05) is 0 Å². The fourth-order valence-electron chi connectivity index (χ4n) is 0. The van der Waals surface area contributed by atoms with E-state index in [-0.39, 0.29) is 32.9 Å². The summed E-state index contributed by atoms with van der Waals surface area (Å²) in [4.78, 5) is 0. The second-order valence-corrected chi connectivity index (χ2v) is 0. The SMILES string of the molecule is O.O.O.O.O.O.[Cl][Ti]. The number of hydrogen-bond acceptors (Lipinski definition) is 0. The normalized spacial score (nSPS) is 0.500. The van der Waals surface area contributed by atoms with Gasteiger partial charge in [-0.3, -0.25) is 0 Å². The van der Waals surface area contributed by atoms with E-state index in [1.165, 1.54) is 19.4 Å². The fourth-order valence-corrected chi connectivity index (χ4v) is 0. The quantitative estimate of drug-likeness (QED) is 0.335. The molecule has 0 heterocycles. The van der Waals surface area contributed by atoms with Crippen LogP contribution < -0.4 is 0 Å². The molecule has 0 aromatic rings. The summed E-state index contributed by atoms with van der Waals surface area (Å²) in [5.74, 6) is 0. The molecule has 8 heteroatoms. The number of halogens is 1. The third-order valence-corrected chi connectivity index (χ3v) is 0. The van der Waals surface area contributed by atoms with Gasteiger partial charge in [-0.15, -0.1) is 0 Å². The van der Waals surface area contributed by atoms with E-state index in [1.807, 2.05) is 0 Å². The van der Waals surface area contributed by atoms with Gasteiger partial charge in [-0.2, -0.15) is 0 Å². The molecule has 0 radical (unpaired) electrons. The Morgan fingerprint density at radius 1 is 0.500 bits per heavy atom. The molecule has 6 nitrogen and oxygen atoms in total. The Morgan fingerprint density at radius 3 is 0.500 bits per heavy atom. The van der Waals surface area contributed by atoms with Crippen LogP contribution in [0.2, 0.25) is 0 Å². The Bertz CT molecular complexity index is 8.49. The molecule has 0 aromatic heterocycles. The van der Waals surface area contributed by atoms with Crippen LogP contribution in [0, 0.1) is 0 Å². The van der Waals surface area contributed by atoms with Crippen LogP contribution in [0.5, 0.6) is 0 Å². The predicted molar refractivity (Wildman–Crippen MR) is 27.5 cm³/mol. The number of hydrogen-bond donors (Lipinski definition) is 0. The first-order valence-electron chi connectivity index (χ1n) is 0.189. The molecule has 0 unspecified atom stereocenters. The molecular formula is H12ClO6Ti.